The average molecular weight is 272 g/mol. The van der Waals surface area contributed by atoms with Crippen LogP contribution < -0.4 is 5.32 Å². The van der Waals surface area contributed by atoms with Crippen LogP contribution in [0.1, 0.15) is 49.8 Å². The molecular formula is C18H28N2. The molecule has 1 fully saturated rings. The summed E-state index contributed by atoms with van der Waals surface area (Å²) in [5, 5.41) is 3.59. The first-order valence-electron chi connectivity index (χ1n) is 8.32. The second-order valence-electron chi connectivity index (χ2n) is 6.46. The van der Waals surface area contributed by atoms with Gasteiger partial charge in [-0.2, -0.15) is 0 Å². The van der Waals surface area contributed by atoms with Crippen molar-refractivity contribution in [2.45, 2.75) is 51.1 Å². The van der Waals surface area contributed by atoms with E-state index in [1.54, 1.807) is 5.56 Å². The Bertz CT molecular complexity index is 439. The van der Waals surface area contributed by atoms with Gasteiger partial charge in [-0.15, -0.1) is 0 Å². The summed E-state index contributed by atoms with van der Waals surface area (Å²) < 4.78 is 0. The number of hydrogen-bond acceptors (Lipinski definition) is 2. The predicted octanol–water partition coefficient (Wildman–Crippen LogP) is 3.38. The van der Waals surface area contributed by atoms with Crippen LogP contribution in [0.3, 0.4) is 0 Å². The zero-order valence-corrected chi connectivity index (χ0v) is 12.9. The second kappa shape index (κ2) is 6.28. The molecule has 1 aromatic rings. The fourth-order valence-corrected chi connectivity index (χ4v) is 3.99. The lowest BCUT2D eigenvalue weighted by Crippen LogP contribution is -2.48. The van der Waals surface area contributed by atoms with Crippen molar-refractivity contribution in [3.05, 3.63) is 35.4 Å². The standard InChI is InChI=1S/C18H28N2/c1-3-20(13-14-7-6-8-14)17-12-11-15-9-4-5-10-16(15)18(17)19-2/h4-5,9-10,14,17-19H,3,6-8,11-13H2,1-2H3. The van der Waals surface area contributed by atoms with Gasteiger partial charge < -0.3 is 5.32 Å². The lowest BCUT2D eigenvalue weighted by atomic mass is 9.81. The van der Waals surface area contributed by atoms with Gasteiger partial charge in [-0.05, 0) is 56.3 Å². The third-order valence-electron chi connectivity index (χ3n) is 5.39. The highest BCUT2D eigenvalue weighted by molar-refractivity contribution is 5.34. The molecule has 2 aliphatic carbocycles. The van der Waals surface area contributed by atoms with Crippen molar-refractivity contribution in [1.29, 1.82) is 0 Å². The fourth-order valence-electron chi connectivity index (χ4n) is 3.99. The Morgan fingerprint density at radius 1 is 1.20 bits per heavy atom. The molecule has 0 aliphatic heterocycles. The van der Waals surface area contributed by atoms with Crippen LogP contribution in [0.2, 0.25) is 0 Å². The highest BCUT2D eigenvalue weighted by Crippen LogP contribution is 2.35. The number of fused-ring (bicyclic) bond motifs is 1. The van der Waals surface area contributed by atoms with Crippen LogP contribution in [0.5, 0.6) is 0 Å². The Morgan fingerprint density at radius 3 is 2.65 bits per heavy atom. The van der Waals surface area contributed by atoms with Crippen LogP contribution in [0.25, 0.3) is 0 Å². The van der Waals surface area contributed by atoms with E-state index >= 15 is 0 Å². The number of aryl methyl sites for hydroxylation is 1. The Kier molecular flexibility index (Phi) is 4.42. The Hall–Kier alpha value is -0.860. The number of likely N-dealkylation sites (N-methyl/N-ethyl adjacent to an activating group) is 2. The van der Waals surface area contributed by atoms with Crippen molar-refractivity contribution < 1.29 is 0 Å². The summed E-state index contributed by atoms with van der Waals surface area (Å²) in [6, 6.07) is 10.2. The summed E-state index contributed by atoms with van der Waals surface area (Å²) in [5.41, 5.74) is 3.07. The first-order valence-corrected chi connectivity index (χ1v) is 8.32. The van der Waals surface area contributed by atoms with Gasteiger partial charge in [0.15, 0.2) is 0 Å². The minimum absolute atomic E-state index is 0.500. The highest BCUT2D eigenvalue weighted by Gasteiger charge is 2.33. The van der Waals surface area contributed by atoms with Gasteiger partial charge in [-0.25, -0.2) is 0 Å². The molecule has 2 atom stereocenters. The van der Waals surface area contributed by atoms with Gasteiger partial charge in [-0.1, -0.05) is 37.6 Å². The normalized spacial score (nSPS) is 26.4. The Balaban J connectivity index is 1.78. The molecule has 0 heterocycles. The molecule has 2 heteroatoms. The van der Waals surface area contributed by atoms with Crippen LogP contribution in [0, 0.1) is 5.92 Å². The largest absolute Gasteiger partial charge is 0.312 e. The van der Waals surface area contributed by atoms with Crippen molar-refractivity contribution in [3.63, 3.8) is 0 Å². The van der Waals surface area contributed by atoms with Crippen molar-refractivity contribution in [2.75, 3.05) is 20.1 Å². The SMILES string of the molecule is CCN(CC1CCC1)C1CCc2ccccc2C1NC. The van der Waals surface area contributed by atoms with Crippen molar-refractivity contribution in [1.82, 2.24) is 10.2 Å². The van der Waals surface area contributed by atoms with E-state index in [1.807, 2.05) is 0 Å². The minimum Gasteiger partial charge on any atom is -0.312 e. The quantitative estimate of drug-likeness (QED) is 0.884. The van der Waals surface area contributed by atoms with E-state index < -0.39 is 0 Å². The summed E-state index contributed by atoms with van der Waals surface area (Å²) in [6.07, 6.45) is 6.88. The van der Waals surface area contributed by atoms with E-state index in [2.05, 4.69) is 48.5 Å². The van der Waals surface area contributed by atoms with E-state index in [-0.39, 0.29) is 0 Å². The second-order valence-corrected chi connectivity index (χ2v) is 6.46. The van der Waals surface area contributed by atoms with Crippen molar-refractivity contribution in [3.8, 4) is 0 Å². The predicted molar refractivity (Wildman–Crippen MR) is 84.9 cm³/mol. The van der Waals surface area contributed by atoms with E-state index in [4.69, 9.17) is 0 Å². The van der Waals surface area contributed by atoms with Gasteiger partial charge in [0.25, 0.3) is 0 Å². The molecule has 1 saturated carbocycles. The number of rotatable bonds is 5. The van der Waals surface area contributed by atoms with E-state index in [1.165, 1.54) is 50.8 Å². The summed E-state index contributed by atoms with van der Waals surface area (Å²) in [4.78, 5) is 2.74. The maximum Gasteiger partial charge on any atom is 0.0478 e. The van der Waals surface area contributed by atoms with Gasteiger partial charge in [0, 0.05) is 18.6 Å². The monoisotopic (exact) mass is 272 g/mol. The zero-order valence-electron chi connectivity index (χ0n) is 12.9. The minimum atomic E-state index is 0.500. The molecule has 1 N–H and O–H groups in total. The molecule has 0 radical (unpaired) electrons. The molecule has 0 saturated heterocycles. The molecule has 2 nitrogen and oxygen atoms in total. The molecule has 1 aromatic carbocycles. The van der Waals surface area contributed by atoms with E-state index in [0.29, 0.717) is 12.1 Å². The van der Waals surface area contributed by atoms with Gasteiger partial charge in [0.05, 0.1) is 0 Å². The smallest absolute Gasteiger partial charge is 0.0478 e. The Morgan fingerprint density at radius 2 is 2.00 bits per heavy atom. The van der Waals surface area contributed by atoms with Crippen molar-refractivity contribution in [2.24, 2.45) is 5.92 Å². The summed E-state index contributed by atoms with van der Waals surface area (Å²) in [5.74, 6) is 0.963. The molecule has 2 unspecified atom stereocenters. The van der Waals surface area contributed by atoms with Gasteiger partial charge in [-0.3, -0.25) is 4.90 Å². The third kappa shape index (κ3) is 2.64. The van der Waals surface area contributed by atoms with Crippen LogP contribution in [0.4, 0.5) is 0 Å². The van der Waals surface area contributed by atoms with E-state index in [9.17, 15) is 0 Å². The van der Waals surface area contributed by atoms with Gasteiger partial charge in [0.2, 0.25) is 0 Å². The number of hydrogen-bond donors (Lipinski definition) is 1. The molecule has 3 rings (SSSR count). The summed E-state index contributed by atoms with van der Waals surface area (Å²) in [6.45, 7) is 4.81. The van der Waals surface area contributed by atoms with Crippen LogP contribution in [-0.4, -0.2) is 31.1 Å². The number of nitrogens with zero attached hydrogens (tertiary/aromatic N) is 1. The number of benzene rings is 1. The molecule has 0 bridgehead atoms. The molecule has 0 aromatic heterocycles. The van der Waals surface area contributed by atoms with Gasteiger partial charge in [0.1, 0.15) is 0 Å². The molecule has 110 valence electrons. The fraction of sp³-hybridized carbons (Fsp3) is 0.667. The average Bonchev–Trinajstić information content (AvgIpc) is 2.45. The molecule has 20 heavy (non-hydrogen) atoms. The molecule has 0 spiro atoms. The third-order valence-corrected chi connectivity index (χ3v) is 5.39. The topological polar surface area (TPSA) is 15.3 Å². The van der Waals surface area contributed by atoms with Crippen LogP contribution in [0.15, 0.2) is 24.3 Å². The van der Waals surface area contributed by atoms with Crippen molar-refractivity contribution >= 4 is 0 Å². The molecule has 0 amide bonds. The summed E-state index contributed by atoms with van der Waals surface area (Å²) >= 11 is 0. The lowest BCUT2D eigenvalue weighted by Gasteiger charge is -2.43. The zero-order chi connectivity index (χ0) is 13.9. The highest BCUT2D eigenvalue weighted by atomic mass is 15.2. The Labute approximate surface area is 123 Å². The molecule has 2 aliphatic rings. The maximum absolute atomic E-state index is 3.59. The van der Waals surface area contributed by atoms with Crippen LogP contribution in [-0.2, 0) is 6.42 Å². The van der Waals surface area contributed by atoms with E-state index in [0.717, 1.165) is 5.92 Å². The van der Waals surface area contributed by atoms with Gasteiger partial charge >= 0.3 is 0 Å². The maximum atomic E-state index is 3.59. The first kappa shape index (κ1) is 14.1. The molecular weight excluding hydrogens is 244 g/mol. The summed E-state index contributed by atoms with van der Waals surface area (Å²) in [7, 11) is 2.12. The lowest BCUT2D eigenvalue weighted by molar-refractivity contribution is 0.105. The first-order chi connectivity index (χ1) is 9.83. The number of nitrogens with one attached hydrogen (secondary N) is 1. The van der Waals surface area contributed by atoms with Crippen LogP contribution >= 0.6 is 0 Å².